The summed E-state index contributed by atoms with van der Waals surface area (Å²) in [7, 11) is 0. The monoisotopic (exact) mass is 448 g/mol. The van der Waals surface area contributed by atoms with E-state index >= 15 is 0 Å². The second-order valence-corrected chi connectivity index (χ2v) is 7.18. The van der Waals surface area contributed by atoms with E-state index in [9.17, 15) is 4.39 Å². The van der Waals surface area contributed by atoms with Crippen LogP contribution in [0.2, 0.25) is 0 Å². The van der Waals surface area contributed by atoms with Gasteiger partial charge in [0.05, 0.1) is 0 Å². The number of fused-ring (bicyclic) bond motifs is 1. The van der Waals surface area contributed by atoms with Crippen LogP contribution in [0.3, 0.4) is 0 Å². The van der Waals surface area contributed by atoms with Crippen LogP contribution in [-0.4, -0.2) is 14.8 Å². The quantitative estimate of drug-likeness (QED) is 0.598. The van der Waals surface area contributed by atoms with Crippen molar-refractivity contribution in [2.75, 3.05) is 5.32 Å². The molecule has 0 saturated carbocycles. The molecule has 4 nitrogen and oxygen atoms in total. The minimum absolute atomic E-state index is 0.280. The van der Waals surface area contributed by atoms with Crippen molar-refractivity contribution in [2.24, 2.45) is 0 Å². The maximum absolute atomic E-state index is 14.4. The zero-order valence-electron chi connectivity index (χ0n) is 12.2. The van der Waals surface area contributed by atoms with Crippen LogP contribution in [0.4, 0.5) is 10.3 Å². The molecule has 0 amide bonds. The first-order valence-corrected chi connectivity index (χ1v) is 8.79. The zero-order valence-corrected chi connectivity index (χ0v) is 15.4. The van der Waals surface area contributed by atoms with Crippen molar-refractivity contribution in [3.63, 3.8) is 0 Å². The van der Waals surface area contributed by atoms with E-state index in [1.807, 2.05) is 30.3 Å². The minimum atomic E-state index is -0.375. The van der Waals surface area contributed by atoms with Gasteiger partial charge in [-0.1, -0.05) is 44.0 Å². The van der Waals surface area contributed by atoms with Crippen molar-refractivity contribution < 1.29 is 4.39 Å². The summed E-state index contributed by atoms with van der Waals surface area (Å²) >= 11 is 6.84. The second-order valence-electron chi connectivity index (χ2n) is 5.35. The maximum Gasteiger partial charge on any atom is 0.226 e. The van der Waals surface area contributed by atoms with Crippen LogP contribution in [0.1, 0.15) is 17.2 Å². The van der Waals surface area contributed by atoms with Crippen LogP contribution in [0.25, 0.3) is 5.70 Å². The summed E-state index contributed by atoms with van der Waals surface area (Å²) in [5.41, 5.74) is 2.40. The van der Waals surface area contributed by atoms with Crippen LogP contribution < -0.4 is 5.32 Å². The lowest BCUT2D eigenvalue weighted by atomic mass is 10.0. The van der Waals surface area contributed by atoms with Crippen molar-refractivity contribution in [2.45, 2.75) is 6.04 Å². The third-order valence-electron chi connectivity index (χ3n) is 3.84. The van der Waals surface area contributed by atoms with Gasteiger partial charge in [0.1, 0.15) is 18.2 Å². The topological polar surface area (TPSA) is 42.7 Å². The Bertz CT molecular complexity index is 934. The number of halogens is 3. The molecule has 24 heavy (non-hydrogen) atoms. The SMILES string of the molecule is Fc1ccc(Br)cc1C1C=C(c2ccc(Br)cc2)Nc2ncnn21. The molecule has 1 aliphatic rings. The number of rotatable bonds is 2. The van der Waals surface area contributed by atoms with Crippen LogP contribution in [0, 0.1) is 5.82 Å². The highest BCUT2D eigenvalue weighted by Crippen LogP contribution is 2.34. The van der Waals surface area contributed by atoms with Gasteiger partial charge < -0.3 is 5.32 Å². The third-order valence-corrected chi connectivity index (χ3v) is 4.86. The molecule has 0 radical (unpaired) electrons. The molecule has 4 rings (SSSR count). The fourth-order valence-corrected chi connectivity index (χ4v) is 3.34. The van der Waals surface area contributed by atoms with E-state index in [0.29, 0.717) is 11.5 Å². The van der Waals surface area contributed by atoms with Crippen molar-refractivity contribution in [3.8, 4) is 0 Å². The Morgan fingerprint density at radius 2 is 1.79 bits per heavy atom. The van der Waals surface area contributed by atoms with Gasteiger partial charge in [-0.05, 0) is 42.0 Å². The predicted octanol–water partition coefficient (Wildman–Crippen LogP) is 5.00. The average Bonchev–Trinajstić information content (AvgIpc) is 3.05. The number of allylic oxidation sites excluding steroid dienone is 1. The minimum Gasteiger partial charge on any atom is -0.324 e. The van der Waals surface area contributed by atoms with Gasteiger partial charge in [-0.2, -0.15) is 10.1 Å². The Labute approximate surface area is 154 Å². The van der Waals surface area contributed by atoms with E-state index < -0.39 is 0 Å². The maximum atomic E-state index is 14.4. The standard InChI is InChI=1S/C17H11Br2FN4/c18-11-3-1-10(2-4-11)15-8-16(24-17(23-15)21-9-22-24)13-7-12(19)5-6-14(13)20/h1-9,16H,(H,21,22,23). The Morgan fingerprint density at radius 3 is 2.58 bits per heavy atom. The average molecular weight is 450 g/mol. The van der Waals surface area contributed by atoms with Crippen molar-refractivity contribution in [1.82, 2.24) is 14.8 Å². The fourth-order valence-electron chi connectivity index (χ4n) is 2.69. The van der Waals surface area contributed by atoms with E-state index in [1.54, 1.807) is 16.8 Å². The molecule has 0 bridgehead atoms. The molecule has 1 N–H and O–H groups in total. The largest absolute Gasteiger partial charge is 0.324 e. The Morgan fingerprint density at radius 1 is 1.04 bits per heavy atom. The van der Waals surface area contributed by atoms with Gasteiger partial charge in [0.2, 0.25) is 5.95 Å². The molecule has 0 aliphatic carbocycles. The highest BCUT2D eigenvalue weighted by Gasteiger charge is 2.25. The molecule has 1 aliphatic heterocycles. The molecular weight excluding hydrogens is 439 g/mol. The van der Waals surface area contributed by atoms with Crippen LogP contribution in [0.5, 0.6) is 0 Å². The number of hydrogen-bond donors (Lipinski definition) is 1. The predicted molar refractivity (Wildman–Crippen MR) is 98.0 cm³/mol. The normalized spacial score (nSPS) is 16.3. The van der Waals surface area contributed by atoms with Gasteiger partial charge in [0.25, 0.3) is 0 Å². The fraction of sp³-hybridized carbons (Fsp3) is 0.0588. The summed E-state index contributed by atoms with van der Waals surface area (Å²) in [6.07, 6.45) is 3.42. The lowest BCUT2D eigenvalue weighted by Crippen LogP contribution is -2.21. The number of anilines is 1. The smallest absolute Gasteiger partial charge is 0.226 e. The first-order valence-electron chi connectivity index (χ1n) is 7.21. The summed E-state index contributed by atoms with van der Waals surface area (Å²) in [4.78, 5) is 4.23. The highest BCUT2D eigenvalue weighted by atomic mass is 79.9. The van der Waals surface area contributed by atoms with Crippen molar-refractivity contribution in [1.29, 1.82) is 0 Å². The molecule has 120 valence electrons. The summed E-state index contributed by atoms with van der Waals surface area (Å²) in [6.45, 7) is 0. The van der Waals surface area contributed by atoms with Gasteiger partial charge in [-0.25, -0.2) is 9.07 Å². The summed E-state index contributed by atoms with van der Waals surface area (Å²) < 4.78 is 17.9. The molecule has 2 aromatic carbocycles. The van der Waals surface area contributed by atoms with Gasteiger partial charge in [0.15, 0.2) is 0 Å². The number of hydrogen-bond acceptors (Lipinski definition) is 3. The highest BCUT2D eigenvalue weighted by molar-refractivity contribution is 9.10. The van der Waals surface area contributed by atoms with Gasteiger partial charge in [-0.3, -0.25) is 0 Å². The van der Waals surface area contributed by atoms with Crippen molar-refractivity contribution >= 4 is 43.5 Å². The van der Waals surface area contributed by atoms with Crippen LogP contribution in [-0.2, 0) is 0 Å². The molecule has 1 unspecified atom stereocenters. The Kier molecular flexibility index (Phi) is 3.97. The Hall–Kier alpha value is -1.99. The molecule has 0 saturated heterocycles. The molecule has 0 spiro atoms. The summed E-state index contributed by atoms with van der Waals surface area (Å²) in [5.74, 6) is 0.303. The van der Waals surface area contributed by atoms with Gasteiger partial charge in [0, 0.05) is 20.2 Å². The van der Waals surface area contributed by atoms with Crippen LogP contribution in [0.15, 0.2) is 63.8 Å². The molecule has 0 fully saturated rings. The van der Waals surface area contributed by atoms with Gasteiger partial charge in [-0.15, -0.1) is 0 Å². The number of nitrogens with zero attached hydrogens (tertiary/aromatic N) is 3. The van der Waals surface area contributed by atoms with Gasteiger partial charge >= 0.3 is 0 Å². The molecule has 2 heterocycles. The lowest BCUT2D eigenvalue weighted by Gasteiger charge is -2.24. The first-order chi connectivity index (χ1) is 11.6. The third kappa shape index (κ3) is 2.78. The van der Waals surface area contributed by atoms with Crippen molar-refractivity contribution in [3.05, 3.63) is 80.8 Å². The van der Waals surface area contributed by atoms with E-state index in [0.717, 1.165) is 20.2 Å². The summed E-state index contributed by atoms with van der Waals surface area (Å²) in [5, 5.41) is 7.48. The van der Waals surface area contributed by atoms with E-state index in [1.165, 1.54) is 12.4 Å². The zero-order chi connectivity index (χ0) is 16.7. The second kappa shape index (κ2) is 6.14. The molecule has 1 atom stereocenters. The Balaban J connectivity index is 1.85. The van der Waals surface area contributed by atoms with Crippen LogP contribution >= 0.6 is 31.9 Å². The molecule has 7 heteroatoms. The van der Waals surface area contributed by atoms with E-state index in [4.69, 9.17) is 0 Å². The number of benzene rings is 2. The molecule has 1 aromatic heterocycles. The summed E-state index contributed by atoms with van der Waals surface area (Å²) in [6, 6.07) is 12.4. The van der Waals surface area contributed by atoms with E-state index in [-0.39, 0.29) is 11.9 Å². The van der Waals surface area contributed by atoms with E-state index in [2.05, 4.69) is 47.3 Å². The molecule has 3 aromatic rings. The lowest BCUT2D eigenvalue weighted by molar-refractivity contribution is 0.551. The molecular formula is C17H11Br2FN4. The first kappa shape index (κ1) is 15.5. The number of nitrogens with one attached hydrogen (secondary N) is 1. The number of aromatic nitrogens is 3.